The summed E-state index contributed by atoms with van der Waals surface area (Å²) in [6.07, 6.45) is 3.20. The minimum absolute atomic E-state index is 0.0410. The first-order chi connectivity index (χ1) is 13.0. The Balaban J connectivity index is 1.95. The number of hydrogen-bond acceptors (Lipinski definition) is 6. The van der Waals surface area contributed by atoms with Crippen LogP contribution in [0.2, 0.25) is 0 Å². The number of nitro benzene ring substituents is 1. The van der Waals surface area contributed by atoms with Gasteiger partial charge < -0.3 is 5.11 Å². The molecule has 1 fully saturated rings. The molecule has 0 atom stereocenters. The number of aromatic hydroxyl groups is 1. The predicted molar refractivity (Wildman–Crippen MR) is 106 cm³/mol. The number of thioether (sulfide) groups is 1. The summed E-state index contributed by atoms with van der Waals surface area (Å²) in [6.45, 7) is 3.95. The molecule has 1 saturated heterocycles. The van der Waals surface area contributed by atoms with Gasteiger partial charge >= 0.3 is 0 Å². The van der Waals surface area contributed by atoms with Crippen molar-refractivity contribution in [1.29, 1.82) is 0 Å². The third-order valence-electron chi connectivity index (χ3n) is 3.65. The highest BCUT2D eigenvalue weighted by Crippen LogP contribution is 2.34. The van der Waals surface area contributed by atoms with Crippen molar-refractivity contribution in [1.82, 2.24) is 4.90 Å². The van der Waals surface area contributed by atoms with Crippen molar-refractivity contribution in [2.24, 2.45) is 4.99 Å². The van der Waals surface area contributed by atoms with Crippen LogP contribution in [0.5, 0.6) is 5.75 Å². The van der Waals surface area contributed by atoms with Gasteiger partial charge in [0.1, 0.15) is 5.75 Å². The van der Waals surface area contributed by atoms with E-state index >= 15 is 0 Å². The van der Waals surface area contributed by atoms with Crippen molar-refractivity contribution in [3.05, 3.63) is 81.8 Å². The van der Waals surface area contributed by atoms with Crippen LogP contribution in [-0.2, 0) is 4.79 Å². The van der Waals surface area contributed by atoms with Gasteiger partial charge in [0.2, 0.25) is 0 Å². The summed E-state index contributed by atoms with van der Waals surface area (Å²) in [6, 6.07) is 12.4. The maximum Gasteiger partial charge on any atom is 0.270 e. The lowest BCUT2D eigenvalue weighted by atomic mass is 10.2. The summed E-state index contributed by atoms with van der Waals surface area (Å²) in [5.74, 6) is -0.118. The Morgan fingerprint density at radius 2 is 2.00 bits per heavy atom. The normalized spacial score (nSPS) is 16.9. The average Bonchev–Trinajstić information content (AvgIpc) is 2.93. The summed E-state index contributed by atoms with van der Waals surface area (Å²) >= 11 is 1.18. The first-order valence-corrected chi connectivity index (χ1v) is 8.74. The molecule has 1 N–H and O–H groups in total. The van der Waals surface area contributed by atoms with E-state index in [4.69, 9.17) is 0 Å². The molecule has 2 aromatic rings. The number of phenolic OH excluding ortho intramolecular Hbond substituents is 1. The van der Waals surface area contributed by atoms with E-state index in [1.165, 1.54) is 40.9 Å². The summed E-state index contributed by atoms with van der Waals surface area (Å²) in [5, 5.41) is 20.8. The lowest BCUT2D eigenvalue weighted by Gasteiger charge is -2.12. The summed E-state index contributed by atoms with van der Waals surface area (Å²) in [7, 11) is 0. The molecule has 27 heavy (non-hydrogen) atoms. The van der Waals surface area contributed by atoms with E-state index in [9.17, 15) is 20.0 Å². The van der Waals surface area contributed by atoms with Gasteiger partial charge in [-0.1, -0.05) is 18.2 Å². The molecule has 0 saturated carbocycles. The van der Waals surface area contributed by atoms with Crippen LogP contribution >= 0.6 is 11.8 Å². The minimum atomic E-state index is -0.479. The molecule has 2 aromatic carbocycles. The Kier molecular flexibility index (Phi) is 5.37. The zero-order valence-corrected chi connectivity index (χ0v) is 14.9. The van der Waals surface area contributed by atoms with Gasteiger partial charge in [0, 0.05) is 18.7 Å². The number of carbonyl (C=O) groups is 1. The molecule has 8 heteroatoms. The number of amides is 1. The Hall–Kier alpha value is -3.39. The molecular weight excluding hydrogens is 366 g/mol. The molecule has 0 aromatic heterocycles. The van der Waals surface area contributed by atoms with E-state index in [-0.39, 0.29) is 23.9 Å². The van der Waals surface area contributed by atoms with E-state index in [0.717, 1.165) is 0 Å². The van der Waals surface area contributed by atoms with Crippen LogP contribution in [0, 0.1) is 10.1 Å². The molecule has 136 valence electrons. The highest BCUT2D eigenvalue weighted by atomic mass is 32.2. The molecule has 1 amide bonds. The maximum absolute atomic E-state index is 12.7. The topological polar surface area (TPSA) is 96.0 Å². The molecule has 0 radical (unpaired) electrons. The molecule has 0 spiro atoms. The van der Waals surface area contributed by atoms with Gasteiger partial charge in [-0.25, -0.2) is 4.99 Å². The van der Waals surface area contributed by atoms with Crippen LogP contribution in [0.15, 0.2) is 71.1 Å². The van der Waals surface area contributed by atoms with E-state index in [1.807, 2.05) is 0 Å². The van der Waals surface area contributed by atoms with E-state index < -0.39 is 4.92 Å². The van der Waals surface area contributed by atoms with Crippen molar-refractivity contribution in [3.8, 4) is 5.75 Å². The molecule has 3 rings (SSSR count). The average molecular weight is 381 g/mol. The highest BCUT2D eigenvalue weighted by Gasteiger charge is 2.32. The highest BCUT2D eigenvalue weighted by molar-refractivity contribution is 8.18. The third kappa shape index (κ3) is 4.24. The fourth-order valence-corrected chi connectivity index (χ4v) is 3.41. The second kappa shape index (κ2) is 7.88. The van der Waals surface area contributed by atoms with Gasteiger partial charge in [-0.2, -0.15) is 0 Å². The number of aliphatic imine (C=N–C) groups is 1. The minimum Gasteiger partial charge on any atom is -0.508 e. The number of phenols is 1. The molecule has 0 unspecified atom stereocenters. The van der Waals surface area contributed by atoms with Crippen LogP contribution in [-0.4, -0.2) is 32.5 Å². The number of amidine groups is 1. The smallest absolute Gasteiger partial charge is 0.270 e. The predicted octanol–water partition coefficient (Wildman–Crippen LogP) is 4.09. The number of benzene rings is 2. The second-order valence-corrected chi connectivity index (χ2v) is 6.59. The monoisotopic (exact) mass is 381 g/mol. The Labute approximate surface area is 159 Å². The lowest BCUT2D eigenvalue weighted by Crippen LogP contribution is -2.29. The molecule has 1 heterocycles. The number of non-ortho nitro benzene ring substituents is 1. The summed E-state index contributed by atoms with van der Waals surface area (Å²) < 4.78 is 0. The van der Waals surface area contributed by atoms with Gasteiger partial charge in [-0.05, 0) is 47.7 Å². The largest absolute Gasteiger partial charge is 0.508 e. The van der Waals surface area contributed by atoms with Crippen molar-refractivity contribution in [2.75, 3.05) is 6.54 Å². The zero-order valence-electron chi connectivity index (χ0n) is 14.1. The Bertz CT molecular complexity index is 967. The van der Waals surface area contributed by atoms with Gasteiger partial charge in [-0.3, -0.25) is 19.8 Å². The fourth-order valence-electron chi connectivity index (χ4n) is 2.40. The van der Waals surface area contributed by atoms with Crippen molar-refractivity contribution in [3.63, 3.8) is 0 Å². The van der Waals surface area contributed by atoms with Gasteiger partial charge in [-0.15, -0.1) is 6.58 Å². The number of rotatable bonds is 5. The van der Waals surface area contributed by atoms with Crippen LogP contribution in [0.3, 0.4) is 0 Å². The number of nitrogens with zero attached hydrogens (tertiary/aromatic N) is 3. The number of hydrogen-bond donors (Lipinski definition) is 1. The van der Waals surface area contributed by atoms with Crippen molar-refractivity contribution >= 4 is 40.3 Å². The van der Waals surface area contributed by atoms with Gasteiger partial charge in [0.25, 0.3) is 11.6 Å². The van der Waals surface area contributed by atoms with Crippen molar-refractivity contribution in [2.45, 2.75) is 0 Å². The first-order valence-electron chi connectivity index (χ1n) is 7.92. The van der Waals surface area contributed by atoms with Crippen LogP contribution in [0.4, 0.5) is 11.4 Å². The van der Waals surface area contributed by atoms with Crippen LogP contribution < -0.4 is 0 Å². The van der Waals surface area contributed by atoms with E-state index in [2.05, 4.69) is 11.6 Å². The lowest BCUT2D eigenvalue weighted by molar-refractivity contribution is -0.384. The quantitative estimate of drug-likeness (QED) is 0.364. The Morgan fingerprint density at radius 1 is 1.26 bits per heavy atom. The van der Waals surface area contributed by atoms with Gasteiger partial charge in [0.15, 0.2) is 5.17 Å². The summed E-state index contributed by atoms with van der Waals surface area (Å²) in [5.41, 5.74) is 1.11. The zero-order chi connectivity index (χ0) is 19.4. The molecule has 1 aliphatic heterocycles. The van der Waals surface area contributed by atoms with Crippen molar-refractivity contribution < 1.29 is 14.8 Å². The molecule has 0 bridgehead atoms. The number of carbonyl (C=O) groups excluding carboxylic acids is 1. The number of nitro groups is 1. The fraction of sp³-hybridized carbons (Fsp3) is 0.0526. The maximum atomic E-state index is 12.7. The molecule has 7 nitrogen and oxygen atoms in total. The summed E-state index contributed by atoms with van der Waals surface area (Å²) in [4.78, 5) is 29.5. The third-order valence-corrected chi connectivity index (χ3v) is 4.66. The van der Waals surface area contributed by atoms with Gasteiger partial charge in [0.05, 0.1) is 15.5 Å². The molecule has 1 aliphatic rings. The molecular formula is C19H15N3O4S. The second-order valence-electron chi connectivity index (χ2n) is 5.58. The Morgan fingerprint density at radius 3 is 2.67 bits per heavy atom. The SMILES string of the molecule is C=CCN1C(=O)C(=Cc2cccc([N+](=O)[O-])c2)SC1=Nc1ccc(O)cc1. The van der Waals surface area contributed by atoms with E-state index in [0.29, 0.717) is 21.3 Å². The van der Waals surface area contributed by atoms with E-state index in [1.54, 1.807) is 36.4 Å². The molecule has 0 aliphatic carbocycles. The first kappa shape index (κ1) is 18.4. The standard InChI is InChI=1S/C19H15N3O4S/c1-2-10-21-18(24)17(12-13-4-3-5-15(11-13)22(25)26)27-19(21)20-14-6-8-16(23)9-7-14/h2-9,11-12,23H,1,10H2. The van der Waals surface area contributed by atoms with Crippen LogP contribution in [0.1, 0.15) is 5.56 Å². The van der Waals surface area contributed by atoms with Crippen LogP contribution in [0.25, 0.3) is 6.08 Å².